The molecule has 4 rings (SSSR count). The van der Waals surface area contributed by atoms with Crippen LogP contribution in [0.25, 0.3) is 10.9 Å². The number of hydrogen-bond acceptors (Lipinski definition) is 2. The van der Waals surface area contributed by atoms with Gasteiger partial charge in [-0.05, 0) is 48.4 Å². The minimum atomic E-state index is 0. The van der Waals surface area contributed by atoms with Gasteiger partial charge in [-0.15, -0.1) is 12.4 Å². The number of aromatic nitrogens is 1. The maximum atomic E-state index is 6.19. The van der Waals surface area contributed by atoms with Gasteiger partial charge in [0.05, 0.1) is 0 Å². The first-order valence-electron chi connectivity index (χ1n) is 9.50. The summed E-state index contributed by atoms with van der Waals surface area (Å²) in [5.41, 5.74) is 4.74. The zero-order valence-corrected chi connectivity index (χ0v) is 17.6. The number of nitrogens with one attached hydrogen (secondary N) is 2. The number of aromatic amines is 1. The maximum Gasteiger partial charge on any atom is 0.120 e. The summed E-state index contributed by atoms with van der Waals surface area (Å²) in [6.45, 7) is 2.20. The van der Waals surface area contributed by atoms with E-state index < -0.39 is 0 Å². The lowest BCUT2D eigenvalue weighted by atomic mass is 10.1. The molecule has 5 heteroatoms. The van der Waals surface area contributed by atoms with Crippen LogP contribution in [0.4, 0.5) is 0 Å². The third-order valence-corrected chi connectivity index (χ3v) is 5.19. The van der Waals surface area contributed by atoms with Crippen LogP contribution in [0, 0.1) is 0 Å². The number of fused-ring (bicyclic) bond motifs is 1. The second-order valence-corrected chi connectivity index (χ2v) is 7.22. The Hall–Kier alpha value is -2.46. The molecule has 0 saturated carbocycles. The van der Waals surface area contributed by atoms with E-state index in [9.17, 15) is 0 Å². The lowest BCUT2D eigenvalue weighted by Crippen LogP contribution is -2.16. The van der Waals surface area contributed by atoms with Gasteiger partial charge in [0, 0.05) is 34.2 Å². The molecule has 0 radical (unpaired) electrons. The first-order chi connectivity index (χ1) is 13.8. The van der Waals surface area contributed by atoms with Gasteiger partial charge in [0.25, 0.3) is 0 Å². The van der Waals surface area contributed by atoms with E-state index in [1.165, 1.54) is 22.0 Å². The van der Waals surface area contributed by atoms with Crippen molar-refractivity contribution in [3.05, 3.63) is 101 Å². The fraction of sp³-hybridized carbons (Fsp3) is 0.167. The zero-order valence-electron chi connectivity index (χ0n) is 16.0. The van der Waals surface area contributed by atoms with Crippen molar-refractivity contribution in [1.29, 1.82) is 0 Å². The molecule has 29 heavy (non-hydrogen) atoms. The second kappa shape index (κ2) is 10.4. The molecular weight excluding hydrogens is 403 g/mol. The van der Waals surface area contributed by atoms with Crippen molar-refractivity contribution in [3.63, 3.8) is 0 Å². The van der Waals surface area contributed by atoms with Gasteiger partial charge in [0.15, 0.2) is 0 Å². The molecule has 0 saturated heterocycles. The van der Waals surface area contributed by atoms with Gasteiger partial charge in [0.1, 0.15) is 12.4 Å². The van der Waals surface area contributed by atoms with Crippen LogP contribution in [0.1, 0.15) is 16.7 Å². The van der Waals surface area contributed by atoms with Crippen LogP contribution in [-0.4, -0.2) is 11.5 Å². The summed E-state index contributed by atoms with van der Waals surface area (Å²) >= 11 is 6.19. The summed E-state index contributed by atoms with van der Waals surface area (Å²) < 4.78 is 5.91. The lowest BCUT2D eigenvalue weighted by molar-refractivity contribution is 0.306. The first kappa shape index (κ1) is 21.3. The molecule has 150 valence electrons. The smallest absolute Gasteiger partial charge is 0.120 e. The number of para-hydroxylation sites is 1. The highest BCUT2D eigenvalue weighted by atomic mass is 35.5. The van der Waals surface area contributed by atoms with E-state index in [0.717, 1.165) is 35.8 Å². The molecule has 0 amide bonds. The molecule has 0 atom stereocenters. The Balaban J connectivity index is 0.00000240. The summed E-state index contributed by atoms with van der Waals surface area (Å²) in [7, 11) is 0. The fourth-order valence-electron chi connectivity index (χ4n) is 3.32. The van der Waals surface area contributed by atoms with Gasteiger partial charge in [-0.3, -0.25) is 0 Å². The van der Waals surface area contributed by atoms with E-state index in [1.54, 1.807) is 0 Å². The molecule has 0 aliphatic carbocycles. The molecule has 0 aliphatic heterocycles. The average Bonchev–Trinajstić information content (AvgIpc) is 3.14. The van der Waals surface area contributed by atoms with E-state index in [0.29, 0.717) is 6.61 Å². The van der Waals surface area contributed by atoms with Crippen molar-refractivity contribution in [2.24, 2.45) is 0 Å². The standard InChI is InChI=1S/C24H23ClN2O.ClH/c25-23-10-3-1-7-20(23)17-28-21-8-5-6-18(14-21)15-26-13-12-19-16-27-24-11-4-2-9-22(19)24;/h1-11,14,16,26-27H,12-13,15,17H2;1H. The average molecular weight is 427 g/mol. The Bertz CT molecular complexity index is 1060. The van der Waals surface area contributed by atoms with Gasteiger partial charge in [-0.25, -0.2) is 0 Å². The van der Waals surface area contributed by atoms with Crippen molar-refractivity contribution < 1.29 is 4.74 Å². The molecule has 0 aliphatic rings. The predicted octanol–water partition coefficient (Wildman–Crippen LogP) is 6.15. The van der Waals surface area contributed by atoms with Crippen LogP contribution in [0.15, 0.2) is 79.0 Å². The quantitative estimate of drug-likeness (QED) is 0.331. The molecule has 1 heterocycles. The first-order valence-corrected chi connectivity index (χ1v) is 9.88. The van der Waals surface area contributed by atoms with Crippen molar-refractivity contribution in [3.8, 4) is 5.75 Å². The maximum absolute atomic E-state index is 6.19. The molecule has 4 aromatic rings. The van der Waals surface area contributed by atoms with E-state index in [1.807, 2.05) is 36.4 Å². The van der Waals surface area contributed by atoms with Crippen LogP contribution in [0.5, 0.6) is 5.75 Å². The fourth-order valence-corrected chi connectivity index (χ4v) is 3.51. The van der Waals surface area contributed by atoms with E-state index in [-0.39, 0.29) is 12.4 Å². The van der Waals surface area contributed by atoms with Crippen molar-refractivity contribution in [1.82, 2.24) is 10.3 Å². The van der Waals surface area contributed by atoms with Gasteiger partial charge in [-0.2, -0.15) is 0 Å². The molecule has 3 aromatic carbocycles. The Morgan fingerprint density at radius 2 is 1.72 bits per heavy atom. The number of rotatable bonds is 8. The molecule has 0 unspecified atom stereocenters. The molecule has 0 bridgehead atoms. The second-order valence-electron chi connectivity index (χ2n) is 6.81. The Labute approximate surface area is 182 Å². The minimum Gasteiger partial charge on any atom is -0.489 e. The topological polar surface area (TPSA) is 37.0 Å². The SMILES string of the molecule is Cl.Clc1ccccc1COc1cccc(CNCCc2c[nH]c3ccccc23)c1. The summed E-state index contributed by atoms with van der Waals surface area (Å²) in [4.78, 5) is 3.33. The van der Waals surface area contributed by atoms with Crippen LogP contribution < -0.4 is 10.1 Å². The van der Waals surface area contributed by atoms with E-state index in [2.05, 4.69) is 52.9 Å². The number of ether oxygens (including phenoxy) is 1. The van der Waals surface area contributed by atoms with Crippen molar-refractivity contribution in [2.45, 2.75) is 19.6 Å². The van der Waals surface area contributed by atoms with Crippen LogP contribution in [-0.2, 0) is 19.6 Å². The van der Waals surface area contributed by atoms with Crippen LogP contribution >= 0.6 is 24.0 Å². The number of hydrogen-bond donors (Lipinski definition) is 2. The summed E-state index contributed by atoms with van der Waals surface area (Å²) in [5.74, 6) is 0.857. The molecule has 0 spiro atoms. The van der Waals surface area contributed by atoms with Crippen molar-refractivity contribution in [2.75, 3.05) is 6.54 Å². The van der Waals surface area contributed by atoms with Gasteiger partial charge >= 0.3 is 0 Å². The number of halogens is 2. The van der Waals surface area contributed by atoms with Gasteiger partial charge in [0.2, 0.25) is 0 Å². The third-order valence-electron chi connectivity index (χ3n) is 4.83. The van der Waals surface area contributed by atoms with E-state index in [4.69, 9.17) is 16.3 Å². The predicted molar refractivity (Wildman–Crippen MR) is 123 cm³/mol. The highest BCUT2D eigenvalue weighted by Gasteiger charge is 2.04. The lowest BCUT2D eigenvalue weighted by Gasteiger charge is -2.10. The normalized spacial score (nSPS) is 10.7. The third kappa shape index (κ3) is 5.54. The molecular formula is C24H24Cl2N2O. The summed E-state index contributed by atoms with van der Waals surface area (Å²) in [6.07, 6.45) is 3.10. The highest BCUT2D eigenvalue weighted by molar-refractivity contribution is 6.31. The molecule has 1 aromatic heterocycles. The molecule has 0 fully saturated rings. The van der Waals surface area contributed by atoms with Crippen LogP contribution in [0.3, 0.4) is 0 Å². The monoisotopic (exact) mass is 426 g/mol. The van der Waals surface area contributed by atoms with Gasteiger partial charge < -0.3 is 15.0 Å². The van der Waals surface area contributed by atoms with Crippen molar-refractivity contribution >= 4 is 34.9 Å². The highest BCUT2D eigenvalue weighted by Crippen LogP contribution is 2.20. The molecule has 2 N–H and O–H groups in total. The minimum absolute atomic E-state index is 0. The number of H-pyrrole nitrogens is 1. The molecule has 3 nitrogen and oxygen atoms in total. The largest absolute Gasteiger partial charge is 0.489 e. The van der Waals surface area contributed by atoms with Crippen LogP contribution in [0.2, 0.25) is 5.02 Å². The zero-order chi connectivity index (χ0) is 19.2. The Kier molecular flexibility index (Phi) is 7.59. The Morgan fingerprint density at radius 3 is 2.62 bits per heavy atom. The Morgan fingerprint density at radius 1 is 0.897 bits per heavy atom. The van der Waals surface area contributed by atoms with Gasteiger partial charge in [-0.1, -0.05) is 60.1 Å². The van der Waals surface area contributed by atoms with E-state index >= 15 is 0 Å². The number of benzene rings is 3. The summed E-state index contributed by atoms with van der Waals surface area (Å²) in [5, 5.41) is 5.56. The summed E-state index contributed by atoms with van der Waals surface area (Å²) in [6, 6.07) is 24.4.